The van der Waals surface area contributed by atoms with Gasteiger partial charge in [0.1, 0.15) is 5.41 Å². The van der Waals surface area contributed by atoms with E-state index in [9.17, 15) is 14.4 Å². The fourth-order valence-corrected chi connectivity index (χ4v) is 2.67. The second-order valence-corrected chi connectivity index (χ2v) is 4.79. The molecule has 0 aliphatic heterocycles. The molecule has 1 rings (SSSR count). The van der Waals surface area contributed by atoms with Crippen LogP contribution in [0.1, 0.15) is 39.0 Å². The van der Waals surface area contributed by atoms with Crippen molar-refractivity contribution in [3.63, 3.8) is 0 Å². The van der Waals surface area contributed by atoms with Crippen LogP contribution >= 0.6 is 0 Å². The molecule has 0 amide bonds. The zero-order valence-electron chi connectivity index (χ0n) is 12.2. The summed E-state index contributed by atoms with van der Waals surface area (Å²) in [7, 11) is 2.54. The molecule has 0 heterocycles. The van der Waals surface area contributed by atoms with Crippen molar-refractivity contribution in [1.82, 2.24) is 0 Å². The normalized spacial score (nSPS) is 24.8. The highest BCUT2D eigenvalue weighted by atomic mass is 16.5. The van der Waals surface area contributed by atoms with Gasteiger partial charge >= 0.3 is 11.9 Å². The van der Waals surface area contributed by atoms with E-state index >= 15 is 0 Å². The first-order valence-corrected chi connectivity index (χ1v) is 6.67. The van der Waals surface area contributed by atoms with E-state index in [0.717, 1.165) is 0 Å². The first kappa shape index (κ1) is 16.2. The predicted molar refractivity (Wildman–Crippen MR) is 71.5 cm³/mol. The van der Waals surface area contributed by atoms with Crippen LogP contribution in [0, 0.1) is 23.2 Å². The number of Topliss-reactive ketones (excluding diaryl/α,β-unsaturated/α-hetero) is 1. The maximum atomic E-state index is 12.3. The molecule has 2 atom stereocenters. The maximum absolute atomic E-state index is 12.3. The lowest BCUT2D eigenvalue weighted by Crippen LogP contribution is -2.42. The zero-order valence-corrected chi connectivity index (χ0v) is 12.2. The average Bonchev–Trinajstić information content (AvgIpc) is 2.76. The molecule has 0 aromatic heterocycles. The van der Waals surface area contributed by atoms with E-state index in [1.807, 2.05) is 6.92 Å². The standard InChI is InChI=1S/C15H20O5/c1-4-5-6-9-15(14(18)20-3)11(7-8-12(15)16)10-13(17)19-2/h11H,4,7-10H2,1-3H3. The number of carbonyl (C=O) groups excluding carboxylic acids is 3. The molecule has 0 spiro atoms. The minimum absolute atomic E-state index is 0.0329. The molecule has 0 radical (unpaired) electrons. The molecule has 1 fully saturated rings. The van der Waals surface area contributed by atoms with Gasteiger partial charge in [-0.2, -0.15) is 0 Å². The monoisotopic (exact) mass is 280 g/mol. The van der Waals surface area contributed by atoms with Gasteiger partial charge in [-0.3, -0.25) is 14.4 Å². The number of ketones is 1. The number of hydrogen-bond acceptors (Lipinski definition) is 5. The molecule has 0 aromatic rings. The van der Waals surface area contributed by atoms with Gasteiger partial charge < -0.3 is 9.47 Å². The van der Waals surface area contributed by atoms with Crippen molar-refractivity contribution in [2.75, 3.05) is 14.2 Å². The lowest BCUT2D eigenvalue weighted by molar-refractivity contribution is -0.160. The minimum atomic E-state index is -1.31. The molecule has 5 heteroatoms. The Bertz CT molecular complexity index is 457. The molecule has 110 valence electrons. The second kappa shape index (κ2) is 7.09. The van der Waals surface area contributed by atoms with Crippen molar-refractivity contribution in [2.45, 2.75) is 39.0 Å². The number of rotatable bonds is 4. The van der Waals surface area contributed by atoms with E-state index in [1.165, 1.54) is 14.2 Å². The molecular formula is C15H20O5. The summed E-state index contributed by atoms with van der Waals surface area (Å²) in [4.78, 5) is 35.9. The van der Waals surface area contributed by atoms with E-state index in [4.69, 9.17) is 4.74 Å². The molecule has 0 saturated heterocycles. The van der Waals surface area contributed by atoms with Gasteiger partial charge in [-0.1, -0.05) is 6.92 Å². The van der Waals surface area contributed by atoms with Crippen LogP contribution in [-0.2, 0) is 23.9 Å². The fourth-order valence-electron chi connectivity index (χ4n) is 2.67. The smallest absolute Gasteiger partial charge is 0.320 e. The Hall–Kier alpha value is -1.83. The number of carbonyl (C=O) groups is 3. The third-order valence-corrected chi connectivity index (χ3v) is 3.77. The quantitative estimate of drug-likeness (QED) is 0.443. The van der Waals surface area contributed by atoms with Crippen LogP contribution in [0.3, 0.4) is 0 Å². The number of hydrogen-bond donors (Lipinski definition) is 0. The molecule has 5 nitrogen and oxygen atoms in total. The molecular weight excluding hydrogens is 260 g/mol. The van der Waals surface area contributed by atoms with Crippen molar-refractivity contribution >= 4 is 17.7 Å². The average molecular weight is 280 g/mol. The number of esters is 2. The van der Waals surface area contributed by atoms with Crippen LogP contribution in [0.5, 0.6) is 0 Å². The fraction of sp³-hybridized carbons (Fsp3) is 0.667. The maximum Gasteiger partial charge on any atom is 0.320 e. The SMILES string of the molecule is CCC#CCC1(C(=O)OC)C(=O)CCC1CC(=O)OC. The topological polar surface area (TPSA) is 69.7 Å². The van der Waals surface area contributed by atoms with Gasteiger partial charge in [0, 0.05) is 25.7 Å². The van der Waals surface area contributed by atoms with E-state index in [0.29, 0.717) is 12.8 Å². The Morgan fingerprint density at radius 2 is 2.00 bits per heavy atom. The summed E-state index contributed by atoms with van der Waals surface area (Å²) in [6.07, 6.45) is 1.54. The summed E-state index contributed by atoms with van der Waals surface area (Å²) in [5.41, 5.74) is -1.31. The van der Waals surface area contributed by atoms with Gasteiger partial charge in [-0.05, 0) is 12.3 Å². The van der Waals surface area contributed by atoms with Gasteiger partial charge in [0.25, 0.3) is 0 Å². The molecule has 0 aromatic carbocycles. The van der Waals surface area contributed by atoms with Gasteiger partial charge in [-0.25, -0.2) is 0 Å². The minimum Gasteiger partial charge on any atom is -0.469 e. The highest BCUT2D eigenvalue weighted by Crippen LogP contribution is 2.46. The van der Waals surface area contributed by atoms with Gasteiger partial charge in [0.05, 0.1) is 14.2 Å². The van der Waals surface area contributed by atoms with Crippen LogP contribution in [0.2, 0.25) is 0 Å². The van der Waals surface area contributed by atoms with Crippen molar-refractivity contribution < 1.29 is 23.9 Å². The first-order chi connectivity index (χ1) is 9.52. The Morgan fingerprint density at radius 1 is 1.30 bits per heavy atom. The van der Waals surface area contributed by atoms with E-state index in [1.54, 1.807) is 0 Å². The van der Waals surface area contributed by atoms with Crippen molar-refractivity contribution in [3.05, 3.63) is 0 Å². The van der Waals surface area contributed by atoms with Crippen LogP contribution in [0.25, 0.3) is 0 Å². The highest BCUT2D eigenvalue weighted by molar-refractivity contribution is 6.06. The third kappa shape index (κ3) is 3.01. The molecule has 20 heavy (non-hydrogen) atoms. The number of ether oxygens (including phenoxy) is 2. The van der Waals surface area contributed by atoms with Crippen molar-refractivity contribution in [2.24, 2.45) is 11.3 Å². The molecule has 1 aliphatic carbocycles. The summed E-state index contributed by atoms with van der Waals surface area (Å²) in [6, 6.07) is 0. The molecule has 2 unspecified atom stereocenters. The summed E-state index contributed by atoms with van der Waals surface area (Å²) in [6.45, 7) is 1.89. The lowest BCUT2D eigenvalue weighted by Gasteiger charge is -2.28. The predicted octanol–water partition coefficient (Wildman–Crippen LogP) is 1.49. The van der Waals surface area contributed by atoms with Crippen LogP contribution in [0.4, 0.5) is 0 Å². The summed E-state index contributed by atoms with van der Waals surface area (Å²) >= 11 is 0. The first-order valence-electron chi connectivity index (χ1n) is 6.67. The van der Waals surface area contributed by atoms with Gasteiger partial charge in [0.2, 0.25) is 0 Å². The Morgan fingerprint density at radius 3 is 2.55 bits per heavy atom. The molecule has 1 saturated carbocycles. The summed E-state index contributed by atoms with van der Waals surface area (Å²) < 4.78 is 9.45. The highest BCUT2D eigenvalue weighted by Gasteiger charge is 2.56. The largest absolute Gasteiger partial charge is 0.469 e. The number of methoxy groups -OCH3 is 2. The summed E-state index contributed by atoms with van der Waals surface area (Å²) in [5, 5.41) is 0. The Labute approximate surface area is 119 Å². The van der Waals surface area contributed by atoms with Crippen LogP contribution < -0.4 is 0 Å². The molecule has 0 bridgehead atoms. The van der Waals surface area contributed by atoms with Gasteiger partial charge in [-0.15, -0.1) is 11.8 Å². The lowest BCUT2D eigenvalue weighted by atomic mass is 9.73. The van der Waals surface area contributed by atoms with Crippen molar-refractivity contribution in [1.29, 1.82) is 0 Å². The van der Waals surface area contributed by atoms with Gasteiger partial charge in [0.15, 0.2) is 5.78 Å². The van der Waals surface area contributed by atoms with Crippen molar-refractivity contribution in [3.8, 4) is 11.8 Å². The molecule has 0 N–H and O–H groups in total. The van der Waals surface area contributed by atoms with Crippen LogP contribution in [0.15, 0.2) is 0 Å². The Kier molecular flexibility index (Phi) is 5.75. The third-order valence-electron chi connectivity index (χ3n) is 3.77. The van der Waals surface area contributed by atoms with E-state index < -0.39 is 23.3 Å². The second-order valence-electron chi connectivity index (χ2n) is 4.79. The van der Waals surface area contributed by atoms with Crippen LogP contribution in [-0.4, -0.2) is 31.9 Å². The summed E-state index contributed by atoms with van der Waals surface area (Å²) in [5.74, 6) is 4.10. The van der Waals surface area contributed by atoms with E-state index in [-0.39, 0.29) is 25.0 Å². The Balaban J connectivity index is 3.10. The zero-order chi connectivity index (χ0) is 15.2. The molecule has 1 aliphatic rings. The van der Waals surface area contributed by atoms with E-state index in [2.05, 4.69) is 16.6 Å².